The van der Waals surface area contributed by atoms with Crippen molar-refractivity contribution in [2.45, 2.75) is 19.9 Å². The van der Waals surface area contributed by atoms with E-state index in [1.807, 2.05) is 25.1 Å². The average Bonchev–Trinajstić information content (AvgIpc) is 2.80. The van der Waals surface area contributed by atoms with Gasteiger partial charge in [-0.05, 0) is 36.8 Å². The average molecular weight is 297 g/mol. The predicted octanol–water partition coefficient (Wildman–Crippen LogP) is 2.90. The first kappa shape index (κ1) is 14.1. The van der Waals surface area contributed by atoms with Gasteiger partial charge in [-0.25, -0.2) is 4.79 Å². The van der Waals surface area contributed by atoms with Gasteiger partial charge in [0.1, 0.15) is 5.75 Å². The minimum atomic E-state index is -0.468. The summed E-state index contributed by atoms with van der Waals surface area (Å²) in [4.78, 5) is 23.7. The monoisotopic (exact) mass is 297 g/mol. The van der Waals surface area contributed by atoms with Crippen LogP contribution in [0.4, 0.5) is 0 Å². The second kappa shape index (κ2) is 5.89. The Hall–Kier alpha value is -2.82. The van der Waals surface area contributed by atoms with Crippen LogP contribution in [0.2, 0.25) is 0 Å². The zero-order valence-corrected chi connectivity index (χ0v) is 12.1. The van der Waals surface area contributed by atoms with Crippen LogP contribution in [0.5, 0.6) is 5.75 Å². The third kappa shape index (κ3) is 2.93. The second-order valence-electron chi connectivity index (χ2n) is 5.03. The molecule has 0 amide bonds. The van der Waals surface area contributed by atoms with Crippen LogP contribution < -0.4 is 10.5 Å². The molecule has 0 bridgehead atoms. The standard InChI is InChI=1S/C17H15NO4/c1-12-5-4-6-13(11-12)21-16(19)9-10-18-14-7-2-3-8-15(14)22-17(18)20/h2-8,11H,9-10H2,1H3. The van der Waals surface area contributed by atoms with Crippen molar-refractivity contribution in [2.75, 3.05) is 0 Å². The number of carbonyl (C=O) groups is 1. The van der Waals surface area contributed by atoms with Gasteiger partial charge in [0.2, 0.25) is 0 Å². The highest BCUT2D eigenvalue weighted by molar-refractivity contribution is 5.74. The zero-order chi connectivity index (χ0) is 15.5. The Bertz CT molecular complexity index is 875. The molecule has 0 radical (unpaired) electrons. The molecule has 5 heteroatoms. The highest BCUT2D eigenvalue weighted by Crippen LogP contribution is 2.14. The van der Waals surface area contributed by atoms with E-state index in [9.17, 15) is 9.59 Å². The van der Waals surface area contributed by atoms with Gasteiger partial charge in [-0.3, -0.25) is 9.36 Å². The molecule has 0 aliphatic carbocycles. The van der Waals surface area contributed by atoms with Crippen LogP contribution in [0, 0.1) is 6.92 Å². The molecule has 0 saturated carbocycles. The van der Waals surface area contributed by atoms with Crippen LogP contribution in [0.15, 0.2) is 57.7 Å². The number of oxazole rings is 1. The molecule has 3 aromatic rings. The Morgan fingerprint density at radius 3 is 2.82 bits per heavy atom. The van der Waals surface area contributed by atoms with Crippen molar-refractivity contribution in [3.63, 3.8) is 0 Å². The van der Waals surface area contributed by atoms with Gasteiger partial charge < -0.3 is 9.15 Å². The van der Waals surface area contributed by atoms with Crippen molar-refractivity contribution in [3.8, 4) is 5.75 Å². The van der Waals surface area contributed by atoms with Crippen LogP contribution >= 0.6 is 0 Å². The van der Waals surface area contributed by atoms with Gasteiger partial charge in [0.25, 0.3) is 0 Å². The number of carbonyl (C=O) groups excluding carboxylic acids is 1. The van der Waals surface area contributed by atoms with Crippen LogP contribution in [0.3, 0.4) is 0 Å². The normalized spacial score (nSPS) is 10.8. The minimum absolute atomic E-state index is 0.0946. The molecule has 2 aromatic carbocycles. The topological polar surface area (TPSA) is 61.4 Å². The summed E-state index contributed by atoms with van der Waals surface area (Å²) in [6.07, 6.45) is 0.0946. The largest absolute Gasteiger partial charge is 0.426 e. The summed E-state index contributed by atoms with van der Waals surface area (Å²) >= 11 is 0. The number of esters is 1. The second-order valence-corrected chi connectivity index (χ2v) is 5.03. The molecule has 0 spiro atoms. The fourth-order valence-corrected chi connectivity index (χ4v) is 2.29. The van der Waals surface area contributed by atoms with Crippen molar-refractivity contribution in [3.05, 3.63) is 64.6 Å². The van der Waals surface area contributed by atoms with Gasteiger partial charge in [-0.2, -0.15) is 0 Å². The van der Waals surface area contributed by atoms with Crippen LogP contribution in [0.1, 0.15) is 12.0 Å². The number of hydrogen-bond acceptors (Lipinski definition) is 4. The number of aromatic nitrogens is 1. The first-order valence-corrected chi connectivity index (χ1v) is 6.99. The summed E-state index contributed by atoms with van der Waals surface area (Å²) in [5.74, 6) is -0.346. The maximum Gasteiger partial charge on any atom is 0.419 e. The summed E-state index contributed by atoms with van der Waals surface area (Å²) in [6.45, 7) is 2.15. The molecule has 0 aliphatic rings. The van der Waals surface area contributed by atoms with Gasteiger partial charge >= 0.3 is 11.7 Å². The summed E-state index contributed by atoms with van der Waals surface area (Å²) in [7, 11) is 0. The highest BCUT2D eigenvalue weighted by Gasteiger charge is 2.11. The van der Waals surface area contributed by atoms with Crippen LogP contribution in [-0.4, -0.2) is 10.5 Å². The van der Waals surface area contributed by atoms with E-state index in [0.717, 1.165) is 5.56 Å². The fraction of sp³-hybridized carbons (Fsp3) is 0.176. The van der Waals surface area contributed by atoms with Crippen molar-refractivity contribution >= 4 is 17.1 Å². The molecular weight excluding hydrogens is 282 g/mol. The van der Waals surface area contributed by atoms with Crippen molar-refractivity contribution < 1.29 is 13.9 Å². The molecule has 0 N–H and O–H groups in total. The maximum absolute atomic E-state index is 11.9. The first-order chi connectivity index (χ1) is 10.6. The van der Waals surface area contributed by atoms with Gasteiger partial charge in [-0.1, -0.05) is 24.3 Å². The van der Waals surface area contributed by atoms with Crippen molar-refractivity contribution in [2.24, 2.45) is 0 Å². The van der Waals surface area contributed by atoms with E-state index in [1.165, 1.54) is 4.57 Å². The van der Waals surface area contributed by atoms with Crippen molar-refractivity contribution in [1.29, 1.82) is 0 Å². The number of aryl methyl sites for hydroxylation is 2. The number of ether oxygens (including phenoxy) is 1. The van der Waals surface area contributed by atoms with E-state index in [2.05, 4.69) is 0 Å². The van der Waals surface area contributed by atoms with Gasteiger partial charge in [0.05, 0.1) is 11.9 Å². The molecule has 0 saturated heterocycles. The van der Waals surface area contributed by atoms with E-state index in [1.54, 1.807) is 30.3 Å². The molecule has 0 unspecified atom stereocenters. The number of para-hydroxylation sites is 2. The lowest BCUT2D eigenvalue weighted by molar-refractivity contribution is -0.134. The minimum Gasteiger partial charge on any atom is -0.426 e. The fourth-order valence-electron chi connectivity index (χ4n) is 2.29. The molecule has 0 aliphatic heterocycles. The molecular formula is C17H15NO4. The van der Waals surface area contributed by atoms with E-state index in [-0.39, 0.29) is 18.9 Å². The van der Waals surface area contributed by atoms with Gasteiger partial charge in [0.15, 0.2) is 5.58 Å². The van der Waals surface area contributed by atoms with E-state index >= 15 is 0 Å². The number of nitrogens with zero attached hydrogens (tertiary/aromatic N) is 1. The first-order valence-electron chi connectivity index (χ1n) is 6.99. The molecule has 5 nitrogen and oxygen atoms in total. The van der Waals surface area contributed by atoms with E-state index in [4.69, 9.17) is 9.15 Å². The SMILES string of the molecule is Cc1cccc(OC(=O)CCn2c(=O)oc3ccccc32)c1. The van der Waals surface area contributed by atoms with Gasteiger partial charge in [-0.15, -0.1) is 0 Å². The summed E-state index contributed by atoms with van der Waals surface area (Å²) < 4.78 is 11.8. The maximum atomic E-state index is 11.9. The number of rotatable bonds is 4. The van der Waals surface area contributed by atoms with E-state index < -0.39 is 5.76 Å². The van der Waals surface area contributed by atoms with E-state index in [0.29, 0.717) is 16.8 Å². The van der Waals surface area contributed by atoms with Crippen LogP contribution in [-0.2, 0) is 11.3 Å². The lowest BCUT2D eigenvalue weighted by atomic mass is 10.2. The molecule has 112 valence electrons. The molecule has 22 heavy (non-hydrogen) atoms. The van der Waals surface area contributed by atoms with Crippen LogP contribution in [0.25, 0.3) is 11.1 Å². The molecule has 3 rings (SSSR count). The number of hydrogen-bond donors (Lipinski definition) is 0. The Kier molecular flexibility index (Phi) is 3.78. The molecule has 1 heterocycles. The summed E-state index contributed by atoms with van der Waals surface area (Å²) in [5.41, 5.74) is 2.21. The molecule has 0 fully saturated rings. The lowest BCUT2D eigenvalue weighted by Crippen LogP contribution is -2.18. The summed E-state index contributed by atoms with van der Waals surface area (Å²) in [5, 5.41) is 0. The Labute approximate surface area is 126 Å². The zero-order valence-electron chi connectivity index (χ0n) is 12.1. The van der Waals surface area contributed by atoms with Crippen molar-refractivity contribution in [1.82, 2.24) is 4.57 Å². The number of fused-ring (bicyclic) bond motifs is 1. The predicted molar refractivity (Wildman–Crippen MR) is 81.9 cm³/mol. The third-order valence-electron chi connectivity index (χ3n) is 3.33. The lowest BCUT2D eigenvalue weighted by Gasteiger charge is -2.05. The van der Waals surface area contributed by atoms with Gasteiger partial charge in [0, 0.05) is 6.54 Å². The Morgan fingerprint density at radius 2 is 2.00 bits per heavy atom. The number of benzene rings is 2. The Morgan fingerprint density at radius 1 is 1.18 bits per heavy atom. The molecule has 1 aromatic heterocycles. The Balaban J connectivity index is 1.70. The highest BCUT2D eigenvalue weighted by atomic mass is 16.5. The third-order valence-corrected chi connectivity index (χ3v) is 3.33. The summed E-state index contributed by atoms with van der Waals surface area (Å²) in [6, 6.07) is 14.4. The smallest absolute Gasteiger partial charge is 0.419 e. The molecule has 0 atom stereocenters. The quantitative estimate of drug-likeness (QED) is 0.549.